The fourth-order valence-corrected chi connectivity index (χ4v) is 4.19. The molecule has 0 radical (unpaired) electrons. The number of rotatable bonds is 1. The molecular weight excluding hydrogens is 340 g/mol. The Kier molecular flexibility index (Phi) is 3.57. The molecule has 0 saturated carbocycles. The van der Waals surface area contributed by atoms with Crippen LogP contribution < -0.4 is 0 Å². The number of aromatic amines is 1. The SMILES string of the molecule is Cc1ccc2[nH]c3c(c2c1)CN(C(=O)[C@H]1Cc2ccccc2C(=O)O1)CC3. The quantitative estimate of drug-likeness (QED) is 0.678. The van der Waals surface area contributed by atoms with Gasteiger partial charge in [-0.3, -0.25) is 4.79 Å². The van der Waals surface area contributed by atoms with E-state index in [2.05, 4.69) is 30.1 Å². The molecule has 5 nitrogen and oxygen atoms in total. The largest absolute Gasteiger partial charge is 0.448 e. The molecule has 2 aliphatic heterocycles. The molecule has 0 fully saturated rings. The Morgan fingerprint density at radius 2 is 2.07 bits per heavy atom. The van der Waals surface area contributed by atoms with Gasteiger partial charge in [-0.15, -0.1) is 0 Å². The molecule has 3 heterocycles. The van der Waals surface area contributed by atoms with Crippen molar-refractivity contribution in [1.82, 2.24) is 9.88 Å². The molecule has 0 unspecified atom stereocenters. The molecule has 1 amide bonds. The third kappa shape index (κ3) is 2.62. The van der Waals surface area contributed by atoms with Crippen LogP contribution in [0.4, 0.5) is 0 Å². The van der Waals surface area contributed by atoms with Gasteiger partial charge in [-0.25, -0.2) is 4.79 Å². The van der Waals surface area contributed by atoms with Crippen LogP contribution in [-0.4, -0.2) is 34.4 Å². The van der Waals surface area contributed by atoms with Gasteiger partial charge in [-0.05, 0) is 30.7 Å². The molecule has 0 saturated heterocycles. The number of esters is 1. The number of ether oxygens (including phenoxy) is 1. The van der Waals surface area contributed by atoms with Crippen molar-refractivity contribution >= 4 is 22.8 Å². The fraction of sp³-hybridized carbons (Fsp3) is 0.273. The summed E-state index contributed by atoms with van der Waals surface area (Å²) in [7, 11) is 0. The van der Waals surface area contributed by atoms with Gasteiger partial charge >= 0.3 is 5.97 Å². The monoisotopic (exact) mass is 360 g/mol. The Balaban J connectivity index is 1.42. The zero-order valence-corrected chi connectivity index (χ0v) is 15.1. The minimum absolute atomic E-state index is 0.106. The van der Waals surface area contributed by atoms with E-state index in [-0.39, 0.29) is 5.91 Å². The van der Waals surface area contributed by atoms with E-state index >= 15 is 0 Å². The lowest BCUT2D eigenvalue weighted by molar-refractivity contribution is -0.142. The number of hydrogen-bond donors (Lipinski definition) is 1. The summed E-state index contributed by atoms with van der Waals surface area (Å²) in [4.78, 5) is 30.6. The number of hydrogen-bond acceptors (Lipinski definition) is 3. The van der Waals surface area contributed by atoms with E-state index in [1.807, 2.05) is 23.1 Å². The summed E-state index contributed by atoms with van der Waals surface area (Å²) < 4.78 is 5.47. The highest BCUT2D eigenvalue weighted by Crippen LogP contribution is 2.30. The number of fused-ring (bicyclic) bond motifs is 4. The van der Waals surface area contributed by atoms with Gasteiger partial charge < -0.3 is 14.6 Å². The number of cyclic esters (lactones) is 1. The average molecular weight is 360 g/mol. The van der Waals surface area contributed by atoms with Crippen LogP contribution in [0.2, 0.25) is 0 Å². The second-order valence-corrected chi connectivity index (χ2v) is 7.40. The number of aryl methyl sites for hydroxylation is 1. The molecule has 1 aromatic heterocycles. The third-order valence-corrected chi connectivity index (χ3v) is 5.61. The average Bonchev–Trinajstić information content (AvgIpc) is 3.04. The Bertz CT molecular complexity index is 1080. The predicted molar refractivity (Wildman–Crippen MR) is 102 cm³/mol. The van der Waals surface area contributed by atoms with Crippen molar-refractivity contribution in [3.8, 4) is 0 Å². The van der Waals surface area contributed by atoms with Crippen molar-refractivity contribution in [2.24, 2.45) is 0 Å². The second kappa shape index (κ2) is 5.98. The van der Waals surface area contributed by atoms with E-state index in [9.17, 15) is 9.59 Å². The summed E-state index contributed by atoms with van der Waals surface area (Å²) in [6, 6.07) is 13.7. The van der Waals surface area contributed by atoms with Gasteiger partial charge in [0.1, 0.15) is 0 Å². The number of nitrogens with zero attached hydrogens (tertiary/aromatic N) is 1. The first-order chi connectivity index (χ1) is 13.1. The summed E-state index contributed by atoms with van der Waals surface area (Å²) >= 11 is 0. The summed E-state index contributed by atoms with van der Waals surface area (Å²) in [5.74, 6) is -0.513. The molecule has 0 aliphatic carbocycles. The highest BCUT2D eigenvalue weighted by atomic mass is 16.5. The van der Waals surface area contributed by atoms with Crippen LogP contribution in [0, 0.1) is 6.92 Å². The van der Waals surface area contributed by atoms with Crippen LogP contribution in [0.5, 0.6) is 0 Å². The Morgan fingerprint density at radius 1 is 1.22 bits per heavy atom. The van der Waals surface area contributed by atoms with E-state index < -0.39 is 12.1 Å². The maximum absolute atomic E-state index is 13.1. The lowest BCUT2D eigenvalue weighted by Crippen LogP contribution is -2.46. The van der Waals surface area contributed by atoms with Gasteiger partial charge in [-0.2, -0.15) is 0 Å². The number of amides is 1. The molecular formula is C22H20N2O3. The Morgan fingerprint density at radius 3 is 2.96 bits per heavy atom. The molecule has 5 rings (SSSR count). The van der Waals surface area contributed by atoms with Gasteiger partial charge in [0, 0.05) is 48.1 Å². The van der Waals surface area contributed by atoms with Crippen molar-refractivity contribution < 1.29 is 14.3 Å². The number of nitrogens with one attached hydrogen (secondary N) is 1. The first-order valence-electron chi connectivity index (χ1n) is 9.28. The fourth-order valence-electron chi connectivity index (χ4n) is 4.19. The van der Waals surface area contributed by atoms with E-state index in [0.717, 1.165) is 17.5 Å². The summed E-state index contributed by atoms with van der Waals surface area (Å²) in [5, 5.41) is 1.17. The lowest BCUT2D eigenvalue weighted by atomic mass is 9.97. The van der Waals surface area contributed by atoms with Gasteiger partial charge in [0.05, 0.1) is 5.56 Å². The van der Waals surface area contributed by atoms with Crippen LogP contribution in [-0.2, 0) is 28.9 Å². The summed E-state index contributed by atoms with van der Waals surface area (Å²) in [6.45, 7) is 3.25. The number of H-pyrrole nitrogens is 1. The van der Waals surface area contributed by atoms with Gasteiger partial charge in [-0.1, -0.05) is 29.8 Å². The Labute approximate surface area is 156 Å². The van der Waals surface area contributed by atoms with Gasteiger partial charge in [0.2, 0.25) is 0 Å². The number of carbonyl (C=O) groups is 2. The molecule has 0 bridgehead atoms. The number of carbonyl (C=O) groups excluding carboxylic acids is 2. The summed E-state index contributed by atoms with van der Waals surface area (Å²) in [5.41, 5.74) is 6.13. The van der Waals surface area contributed by atoms with Crippen molar-refractivity contribution in [3.05, 3.63) is 70.4 Å². The van der Waals surface area contributed by atoms with E-state index in [4.69, 9.17) is 4.74 Å². The van der Waals surface area contributed by atoms with Crippen molar-refractivity contribution in [1.29, 1.82) is 0 Å². The molecule has 27 heavy (non-hydrogen) atoms. The first kappa shape index (κ1) is 16.1. The number of aromatic nitrogens is 1. The molecule has 0 spiro atoms. The zero-order valence-electron chi connectivity index (χ0n) is 15.1. The molecule has 136 valence electrons. The van der Waals surface area contributed by atoms with Crippen LogP contribution in [0.15, 0.2) is 42.5 Å². The van der Waals surface area contributed by atoms with Crippen LogP contribution >= 0.6 is 0 Å². The molecule has 1 N–H and O–H groups in total. The van der Waals surface area contributed by atoms with Gasteiger partial charge in [0.15, 0.2) is 6.10 Å². The predicted octanol–water partition coefficient (Wildman–Crippen LogP) is 3.14. The number of benzene rings is 2. The molecule has 1 atom stereocenters. The maximum atomic E-state index is 13.1. The van der Waals surface area contributed by atoms with Crippen LogP contribution in [0.3, 0.4) is 0 Å². The van der Waals surface area contributed by atoms with Crippen molar-refractivity contribution in [3.63, 3.8) is 0 Å². The second-order valence-electron chi connectivity index (χ2n) is 7.40. The lowest BCUT2D eigenvalue weighted by Gasteiger charge is -2.32. The highest BCUT2D eigenvalue weighted by Gasteiger charge is 2.35. The highest BCUT2D eigenvalue weighted by molar-refractivity contribution is 5.96. The topological polar surface area (TPSA) is 62.4 Å². The molecule has 5 heteroatoms. The summed E-state index contributed by atoms with van der Waals surface area (Å²) in [6.07, 6.45) is 0.490. The molecule has 2 aliphatic rings. The maximum Gasteiger partial charge on any atom is 0.339 e. The molecule has 2 aromatic carbocycles. The van der Waals surface area contributed by atoms with Gasteiger partial charge in [0.25, 0.3) is 5.91 Å². The smallest absolute Gasteiger partial charge is 0.339 e. The minimum Gasteiger partial charge on any atom is -0.448 e. The van der Waals surface area contributed by atoms with E-state index in [1.165, 1.54) is 22.2 Å². The third-order valence-electron chi connectivity index (χ3n) is 5.61. The van der Waals surface area contributed by atoms with E-state index in [1.54, 1.807) is 6.07 Å². The van der Waals surface area contributed by atoms with Crippen molar-refractivity contribution in [2.45, 2.75) is 32.4 Å². The Hall–Kier alpha value is -3.08. The standard InChI is InChI=1S/C22H20N2O3/c1-13-6-7-18-16(10-13)17-12-24(9-8-19(17)23-18)21(25)20-11-14-4-2-3-5-15(14)22(26)27-20/h2-7,10,20,23H,8-9,11-12H2,1H3/t20-/m1/s1. The van der Waals surface area contributed by atoms with Crippen LogP contribution in [0.1, 0.15) is 32.7 Å². The first-order valence-corrected chi connectivity index (χ1v) is 9.28. The normalized spacial score (nSPS) is 18.8. The van der Waals surface area contributed by atoms with E-state index in [0.29, 0.717) is 25.1 Å². The minimum atomic E-state index is -0.735. The van der Waals surface area contributed by atoms with Crippen LogP contribution in [0.25, 0.3) is 10.9 Å². The molecule has 3 aromatic rings. The zero-order chi connectivity index (χ0) is 18.5. The van der Waals surface area contributed by atoms with Crippen molar-refractivity contribution in [2.75, 3.05) is 6.54 Å².